The second-order valence-electron chi connectivity index (χ2n) is 5.18. The average molecular weight is 291 g/mol. The Hall–Kier alpha value is -2.21. The Morgan fingerprint density at radius 1 is 1.14 bits per heavy atom. The number of rotatable bonds is 4. The van der Waals surface area contributed by atoms with Gasteiger partial charge in [0.25, 0.3) is 0 Å². The van der Waals surface area contributed by atoms with Gasteiger partial charge in [0, 0.05) is 6.54 Å². The molecule has 0 spiro atoms. The zero-order valence-electron chi connectivity index (χ0n) is 11.0. The third-order valence-corrected chi connectivity index (χ3v) is 3.87. The van der Waals surface area contributed by atoms with Crippen LogP contribution in [-0.4, -0.2) is 29.2 Å². The summed E-state index contributed by atoms with van der Waals surface area (Å²) in [6.45, 7) is 0.225. The molecule has 2 heterocycles. The third kappa shape index (κ3) is 2.54. The molecule has 1 aromatic rings. The first-order valence-electron chi connectivity index (χ1n) is 6.65. The summed E-state index contributed by atoms with van der Waals surface area (Å²) in [6, 6.07) is 5.76. The van der Waals surface area contributed by atoms with Crippen LogP contribution in [0.2, 0.25) is 0 Å². The van der Waals surface area contributed by atoms with Crippen molar-refractivity contribution in [2.24, 2.45) is 11.8 Å². The summed E-state index contributed by atoms with van der Waals surface area (Å²) in [4.78, 5) is 23.5. The molecule has 0 aliphatic carbocycles. The van der Waals surface area contributed by atoms with E-state index in [1.165, 1.54) is 12.1 Å². The molecule has 3 rings (SSSR count). The standard InChI is InChI=1S/C15H14FNO4/c16-9-3-1-8(2-4-9)7-17-14(18)12-10-5-6-11(21-10)13(12)15(19)20/h1-6,10-13H,7H2,(H,17,18)(H,19,20)/t10-,11-,12+,13-/m1/s1. The molecule has 0 unspecified atom stereocenters. The molecular weight excluding hydrogens is 277 g/mol. The van der Waals surface area contributed by atoms with Crippen molar-refractivity contribution in [3.05, 3.63) is 47.8 Å². The number of fused-ring (bicyclic) bond motifs is 2. The summed E-state index contributed by atoms with van der Waals surface area (Å²) < 4.78 is 18.2. The minimum atomic E-state index is -1.03. The Labute approximate surface area is 120 Å². The number of hydrogen-bond acceptors (Lipinski definition) is 3. The molecule has 5 nitrogen and oxygen atoms in total. The molecule has 2 aliphatic heterocycles. The van der Waals surface area contributed by atoms with Gasteiger partial charge in [-0.05, 0) is 17.7 Å². The maximum absolute atomic E-state index is 12.8. The van der Waals surface area contributed by atoms with Gasteiger partial charge in [-0.15, -0.1) is 0 Å². The number of nitrogens with one attached hydrogen (secondary N) is 1. The molecule has 0 aromatic heterocycles. The lowest BCUT2D eigenvalue weighted by Crippen LogP contribution is -2.42. The van der Waals surface area contributed by atoms with Gasteiger partial charge in [-0.2, -0.15) is 0 Å². The Kier molecular flexibility index (Phi) is 3.47. The first kappa shape index (κ1) is 13.8. The van der Waals surface area contributed by atoms with Crippen LogP contribution in [0.25, 0.3) is 0 Å². The first-order valence-corrected chi connectivity index (χ1v) is 6.65. The van der Waals surface area contributed by atoms with Gasteiger partial charge in [0.05, 0.1) is 18.1 Å². The molecule has 2 aliphatic rings. The molecule has 0 radical (unpaired) electrons. The maximum atomic E-state index is 12.8. The zero-order chi connectivity index (χ0) is 15.0. The van der Waals surface area contributed by atoms with Crippen LogP contribution < -0.4 is 5.32 Å². The zero-order valence-corrected chi connectivity index (χ0v) is 11.0. The van der Waals surface area contributed by atoms with Gasteiger partial charge in [-0.3, -0.25) is 9.59 Å². The van der Waals surface area contributed by atoms with Gasteiger partial charge in [0.15, 0.2) is 0 Å². The van der Waals surface area contributed by atoms with Crippen LogP contribution in [0, 0.1) is 17.7 Å². The fourth-order valence-corrected chi connectivity index (χ4v) is 2.82. The largest absolute Gasteiger partial charge is 0.481 e. The van der Waals surface area contributed by atoms with E-state index in [1.807, 2.05) is 0 Å². The van der Waals surface area contributed by atoms with E-state index in [2.05, 4.69) is 5.32 Å². The van der Waals surface area contributed by atoms with E-state index >= 15 is 0 Å². The van der Waals surface area contributed by atoms with Crippen molar-refractivity contribution >= 4 is 11.9 Å². The average Bonchev–Trinajstić information content (AvgIpc) is 3.06. The Morgan fingerprint density at radius 2 is 1.76 bits per heavy atom. The number of halogens is 1. The van der Waals surface area contributed by atoms with Crippen molar-refractivity contribution in [2.75, 3.05) is 0 Å². The van der Waals surface area contributed by atoms with Crippen molar-refractivity contribution < 1.29 is 23.8 Å². The van der Waals surface area contributed by atoms with Crippen LogP contribution in [0.3, 0.4) is 0 Å². The lowest BCUT2D eigenvalue weighted by Gasteiger charge is -2.21. The molecule has 21 heavy (non-hydrogen) atoms. The maximum Gasteiger partial charge on any atom is 0.310 e. The Balaban J connectivity index is 1.66. The molecule has 2 N–H and O–H groups in total. The number of carbonyl (C=O) groups is 2. The number of hydrogen-bond donors (Lipinski definition) is 2. The van der Waals surface area contributed by atoms with Gasteiger partial charge in [-0.1, -0.05) is 24.3 Å². The second-order valence-corrected chi connectivity index (χ2v) is 5.18. The first-order chi connectivity index (χ1) is 10.1. The second kappa shape index (κ2) is 5.29. The summed E-state index contributed by atoms with van der Waals surface area (Å²) in [6.07, 6.45) is 2.40. The number of carbonyl (C=O) groups excluding carboxylic acids is 1. The van der Waals surface area contributed by atoms with Gasteiger partial charge in [0.2, 0.25) is 5.91 Å². The van der Waals surface area contributed by atoms with Crippen LogP contribution in [0.1, 0.15) is 5.56 Å². The van der Waals surface area contributed by atoms with E-state index in [9.17, 15) is 19.1 Å². The lowest BCUT2D eigenvalue weighted by molar-refractivity contribution is -0.146. The molecule has 4 atom stereocenters. The van der Waals surface area contributed by atoms with Gasteiger partial charge < -0.3 is 15.2 Å². The van der Waals surface area contributed by atoms with Crippen molar-refractivity contribution in [2.45, 2.75) is 18.8 Å². The van der Waals surface area contributed by atoms with E-state index in [-0.39, 0.29) is 18.3 Å². The minimum absolute atomic E-state index is 0.225. The highest BCUT2D eigenvalue weighted by molar-refractivity contribution is 5.87. The quantitative estimate of drug-likeness (QED) is 0.814. The molecule has 1 aromatic carbocycles. The molecule has 2 bridgehead atoms. The minimum Gasteiger partial charge on any atom is -0.481 e. The van der Waals surface area contributed by atoms with Gasteiger partial charge in [0.1, 0.15) is 11.7 Å². The lowest BCUT2D eigenvalue weighted by atomic mass is 9.82. The predicted octanol–water partition coefficient (Wildman–Crippen LogP) is 1.10. The normalized spacial score (nSPS) is 29.6. The molecule has 6 heteroatoms. The fourth-order valence-electron chi connectivity index (χ4n) is 2.82. The van der Waals surface area contributed by atoms with Crippen LogP contribution in [-0.2, 0) is 20.9 Å². The topological polar surface area (TPSA) is 75.6 Å². The molecule has 1 amide bonds. The fraction of sp³-hybridized carbons (Fsp3) is 0.333. The number of carboxylic acids is 1. The summed E-state index contributed by atoms with van der Waals surface area (Å²) in [5.41, 5.74) is 0.747. The highest BCUT2D eigenvalue weighted by Gasteiger charge is 2.53. The van der Waals surface area contributed by atoms with E-state index in [4.69, 9.17) is 4.74 Å². The van der Waals surface area contributed by atoms with Crippen molar-refractivity contribution in [3.63, 3.8) is 0 Å². The number of amides is 1. The van der Waals surface area contributed by atoms with E-state index in [1.54, 1.807) is 24.3 Å². The summed E-state index contributed by atoms with van der Waals surface area (Å²) in [7, 11) is 0. The molecule has 0 saturated carbocycles. The number of aliphatic carboxylic acids is 1. The van der Waals surface area contributed by atoms with E-state index in [0.717, 1.165) is 5.56 Å². The summed E-state index contributed by atoms with van der Waals surface area (Å²) in [5, 5.41) is 11.9. The van der Waals surface area contributed by atoms with Gasteiger partial charge >= 0.3 is 5.97 Å². The number of carboxylic acid groups (broad SMARTS) is 1. The monoisotopic (exact) mass is 291 g/mol. The van der Waals surface area contributed by atoms with Crippen LogP contribution in [0.15, 0.2) is 36.4 Å². The summed E-state index contributed by atoms with van der Waals surface area (Å²) in [5.74, 6) is -3.31. The third-order valence-electron chi connectivity index (χ3n) is 3.87. The smallest absolute Gasteiger partial charge is 0.310 e. The van der Waals surface area contributed by atoms with Crippen molar-refractivity contribution in [1.29, 1.82) is 0 Å². The van der Waals surface area contributed by atoms with Crippen LogP contribution in [0.5, 0.6) is 0 Å². The highest BCUT2D eigenvalue weighted by Crippen LogP contribution is 2.39. The van der Waals surface area contributed by atoms with E-state index < -0.39 is 30.0 Å². The predicted molar refractivity (Wildman–Crippen MR) is 70.7 cm³/mol. The van der Waals surface area contributed by atoms with Gasteiger partial charge in [-0.25, -0.2) is 4.39 Å². The number of ether oxygens (including phenoxy) is 1. The van der Waals surface area contributed by atoms with Crippen molar-refractivity contribution in [3.8, 4) is 0 Å². The van der Waals surface area contributed by atoms with Crippen molar-refractivity contribution in [1.82, 2.24) is 5.32 Å². The Morgan fingerprint density at radius 3 is 2.38 bits per heavy atom. The van der Waals surface area contributed by atoms with Crippen LogP contribution in [0.4, 0.5) is 4.39 Å². The van der Waals surface area contributed by atoms with E-state index in [0.29, 0.717) is 0 Å². The molecular formula is C15H14FNO4. The molecule has 110 valence electrons. The molecule has 1 saturated heterocycles. The SMILES string of the molecule is O=C(NCc1ccc(F)cc1)[C@@H]1[C@H](C(=O)O)[C@H]2C=C[C@H]1O2. The highest BCUT2D eigenvalue weighted by atomic mass is 19.1. The number of benzene rings is 1. The summed E-state index contributed by atoms with van der Waals surface area (Å²) >= 11 is 0. The molecule has 1 fully saturated rings. The Bertz CT molecular complexity index is 598. The van der Waals surface area contributed by atoms with Crippen LogP contribution >= 0.6 is 0 Å².